The number of aromatic amines is 1. The van der Waals surface area contributed by atoms with E-state index in [1.807, 2.05) is 18.2 Å². The Bertz CT molecular complexity index is 907. The van der Waals surface area contributed by atoms with E-state index in [0.717, 1.165) is 22.2 Å². The van der Waals surface area contributed by atoms with Gasteiger partial charge in [-0.25, -0.2) is 4.98 Å². The minimum absolute atomic E-state index is 0.458. The van der Waals surface area contributed by atoms with E-state index in [1.165, 1.54) is 16.8 Å². The number of rotatable bonds is 1. The van der Waals surface area contributed by atoms with Crippen LogP contribution in [0.3, 0.4) is 0 Å². The lowest BCUT2D eigenvalue weighted by molar-refractivity contribution is 0.584. The summed E-state index contributed by atoms with van der Waals surface area (Å²) in [6, 6.07) is 17.5. The molecule has 0 aliphatic carbocycles. The van der Waals surface area contributed by atoms with Crippen molar-refractivity contribution in [2.45, 2.75) is 0 Å². The number of hydrogen-bond donors (Lipinski definition) is 1. The fraction of sp³-hybridized carbons (Fsp3) is 0. The van der Waals surface area contributed by atoms with Crippen LogP contribution in [-0.4, -0.2) is 9.97 Å². The summed E-state index contributed by atoms with van der Waals surface area (Å²) in [6.45, 7) is 0. The topological polar surface area (TPSA) is 28.7 Å². The first-order valence-corrected chi connectivity index (χ1v) is 6.44. The predicted molar refractivity (Wildman–Crippen MR) is 79.0 cm³/mol. The van der Waals surface area contributed by atoms with Crippen molar-refractivity contribution in [3.63, 3.8) is 0 Å². The molecule has 2 nitrogen and oxygen atoms in total. The minimum Gasteiger partial charge on any atom is -0.354 e. The molecule has 4 rings (SSSR count). The van der Waals surface area contributed by atoms with Gasteiger partial charge in [-0.15, -0.1) is 0 Å². The fourth-order valence-corrected chi connectivity index (χ4v) is 2.58. The minimum atomic E-state index is -0.458. The maximum Gasteiger partial charge on any atom is 0.212 e. The molecule has 0 bridgehead atoms. The number of nitrogens with one attached hydrogen (secondary N) is 1. The number of para-hydroxylation sites is 1. The van der Waals surface area contributed by atoms with E-state index >= 15 is 0 Å². The van der Waals surface area contributed by atoms with Crippen LogP contribution < -0.4 is 0 Å². The van der Waals surface area contributed by atoms with Crippen molar-refractivity contribution < 1.29 is 4.39 Å². The largest absolute Gasteiger partial charge is 0.354 e. The van der Waals surface area contributed by atoms with Crippen LogP contribution in [0.4, 0.5) is 4.39 Å². The van der Waals surface area contributed by atoms with Crippen molar-refractivity contribution in [3.8, 4) is 11.1 Å². The first kappa shape index (κ1) is 11.2. The highest BCUT2D eigenvalue weighted by atomic mass is 19.1. The second kappa shape index (κ2) is 4.17. The average Bonchev–Trinajstić information content (AvgIpc) is 2.85. The molecule has 2 heterocycles. The Balaban J connectivity index is 1.94. The molecule has 0 aliphatic heterocycles. The highest BCUT2D eigenvalue weighted by Gasteiger charge is 2.05. The van der Waals surface area contributed by atoms with Gasteiger partial charge in [0.2, 0.25) is 5.95 Å². The van der Waals surface area contributed by atoms with E-state index in [2.05, 4.69) is 34.2 Å². The summed E-state index contributed by atoms with van der Waals surface area (Å²) in [5.41, 5.74) is 4.13. The Morgan fingerprint density at radius 3 is 2.45 bits per heavy atom. The predicted octanol–water partition coefficient (Wildman–Crippen LogP) is 4.52. The number of fused-ring (bicyclic) bond motifs is 3. The van der Waals surface area contributed by atoms with Crippen molar-refractivity contribution in [2.75, 3.05) is 0 Å². The lowest BCUT2D eigenvalue weighted by Crippen LogP contribution is -1.83. The number of aromatic nitrogens is 2. The molecule has 4 aromatic rings. The monoisotopic (exact) mass is 262 g/mol. The van der Waals surface area contributed by atoms with Crippen LogP contribution in [0, 0.1) is 5.95 Å². The van der Waals surface area contributed by atoms with Crippen LogP contribution in [0.15, 0.2) is 60.8 Å². The van der Waals surface area contributed by atoms with E-state index in [1.54, 1.807) is 12.3 Å². The fourth-order valence-electron chi connectivity index (χ4n) is 2.58. The van der Waals surface area contributed by atoms with Crippen molar-refractivity contribution >= 4 is 21.8 Å². The molecule has 2 aromatic heterocycles. The van der Waals surface area contributed by atoms with Gasteiger partial charge in [-0.1, -0.05) is 30.3 Å². The van der Waals surface area contributed by atoms with E-state index < -0.39 is 5.95 Å². The third-order valence-electron chi connectivity index (χ3n) is 3.57. The SMILES string of the molecule is Fc1ccc(-c2ccc3c(c2)[nH]c2ccccc23)cn1. The van der Waals surface area contributed by atoms with Gasteiger partial charge >= 0.3 is 0 Å². The number of hydrogen-bond acceptors (Lipinski definition) is 1. The molecule has 1 N–H and O–H groups in total. The molecule has 0 atom stereocenters. The summed E-state index contributed by atoms with van der Waals surface area (Å²) in [4.78, 5) is 7.11. The summed E-state index contributed by atoms with van der Waals surface area (Å²) in [5.74, 6) is -0.458. The van der Waals surface area contributed by atoms with E-state index in [4.69, 9.17) is 0 Å². The first-order chi connectivity index (χ1) is 9.81. The van der Waals surface area contributed by atoms with Crippen LogP contribution in [0.5, 0.6) is 0 Å². The Labute approximate surface area is 114 Å². The lowest BCUT2D eigenvalue weighted by Gasteiger charge is -2.01. The van der Waals surface area contributed by atoms with Gasteiger partial charge in [0.05, 0.1) is 0 Å². The molecule has 0 saturated heterocycles. The van der Waals surface area contributed by atoms with Gasteiger partial charge in [0.25, 0.3) is 0 Å². The zero-order valence-corrected chi connectivity index (χ0v) is 10.6. The molecule has 0 spiro atoms. The van der Waals surface area contributed by atoms with Crippen molar-refractivity contribution in [3.05, 3.63) is 66.7 Å². The number of pyridine rings is 1. The summed E-state index contributed by atoms with van der Waals surface area (Å²) in [7, 11) is 0. The summed E-state index contributed by atoms with van der Waals surface area (Å²) < 4.78 is 12.9. The Kier molecular flexibility index (Phi) is 2.33. The Morgan fingerprint density at radius 1 is 0.800 bits per heavy atom. The summed E-state index contributed by atoms with van der Waals surface area (Å²) >= 11 is 0. The van der Waals surface area contributed by atoms with Crippen LogP contribution in [-0.2, 0) is 0 Å². The van der Waals surface area contributed by atoms with E-state index in [-0.39, 0.29) is 0 Å². The normalized spacial score (nSPS) is 11.2. The van der Waals surface area contributed by atoms with Gasteiger partial charge in [-0.05, 0) is 29.8 Å². The van der Waals surface area contributed by atoms with Crippen LogP contribution in [0.1, 0.15) is 0 Å². The number of benzene rings is 2. The Morgan fingerprint density at radius 2 is 1.60 bits per heavy atom. The molecule has 0 aliphatic rings. The first-order valence-electron chi connectivity index (χ1n) is 6.44. The third-order valence-corrected chi connectivity index (χ3v) is 3.57. The maximum atomic E-state index is 12.9. The maximum absolute atomic E-state index is 12.9. The third kappa shape index (κ3) is 1.67. The lowest BCUT2D eigenvalue weighted by atomic mass is 10.1. The van der Waals surface area contributed by atoms with Gasteiger partial charge in [0, 0.05) is 33.6 Å². The van der Waals surface area contributed by atoms with Crippen LogP contribution >= 0.6 is 0 Å². The molecule has 20 heavy (non-hydrogen) atoms. The smallest absolute Gasteiger partial charge is 0.212 e. The highest BCUT2D eigenvalue weighted by molar-refractivity contribution is 6.08. The quantitative estimate of drug-likeness (QED) is 0.502. The highest BCUT2D eigenvalue weighted by Crippen LogP contribution is 2.29. The Hall–Kier alpha value is -2.68. The number of nitrogens with zero attached hydrogens (tertiary/aromatic N) is 1. The molecule has 2 aromatic carbocycles. The van der Waals surface area contributed by atoms with Gasteiger partial charge in [0.1, 0.15) is 0 Å². The standard InChI is InChI=1S/C17H11FN2/c18-17-8-6-12(10-19-17)11-5-7-14-13-3-1-2-4-15(13)20-16(14)9-11/h1-10,20H. The summed E-state index contributed by atoms with van der Waals surface area (Å²) in [6.07, 6.45) is 1.55. The molecule has 0 fully saturated rings. The van der Waals surface area contributed by atoms with Gasteiger partial charge in [-0.3, -0.25) is 0 Å². The molecular formula is C17H11FN2. The summed E-state index contributed by atoms with van der Waals surface area (Å²) in [5, 5.41) is 2.41. The van der Waals surface area contributed by atoms with E-state index in [9.17, 15) is 4.39 Å². The second-order valence-electron chi connectivity index (χ2n) is 4.80. The number of halogens is 1. The molecule has 96 valence electrons. The molecular weight excluding hydrogens is 251 g/mol. The zero-order chi connectivity index (χ0) is 13.5. The second-order valence-corrected chi connectivity index (χ2v) is 4.80. The molecule has 0 unspecified atom stereocenters. The van der Waals surface area contributed by atoms with Crippen molar-refractivity contribution in [1.82, 2.24) is 9.97 Å². The van der Waals surface area contributed by atoms with Gasteiger partial charge in [-0.2, -0.15) is 4.39 Å². The molecule has 3 heteroatoms. The van der Waals surface area contributed by atoms with Crippen molar-refractivity contribution in [2.24, 2.45) is 0 Å². The van der Waals surface area contributed by atoms with E-state index in [0.29, 0.717) is 0 Å². The number of H-pyrrole nitrogens is 1. The molecule has 0 saturated carbocycles. The van der Waals surface area contributed by atoms with Gasteiger partial charge in [0.15, 0.2) is 0 Å². The molecule has 0 amide bonds. The zero-order valence-electron chi connectivity index (χ0n) is 10.6. The average molecular weight is 262 g/mol. The van der Waals surface area contributed by atoms with Crippen LogP contribution in [0.25, 0.3) is 32.9 Å². The van der Waals surface area contributed by atoms with Gasteiger partial charge < -0.3 is 4.98 Å². The molecule has 0 radical (unpaired) electrons. The van der Waals surface area contributed by atoms with Crippen LogP contribution in [0.2, 0.25) is 0 Å². The van der Waals surface area contributed by atoms with Crippen molar-refractivity contribution in [1.29, 1.82) is 0 Å².